The van der Waals surface area contributed by atoms with Crippen LogP contribution in [0.2, 0.25) is 6.55 Å². The molecule has 0 radical (unpaired) electrons. The molecule has 1 aliphatic rings. The molecule has 1 rings (SSSR count). The number of hydrogen-bond acceptors (Lipinski definition) is 3. The van der Waals surface area contributed by atoms with E-state index in [9.17, 15) is 0 Å². The fourth-order valence-electron chi connectivity index (χ4n) is 1.13. The van der Waals surface area contributed by atoms with Crippen LogP contribution in [0.3, 0.4) is 0 Å². The maximum absolute atomic E-state index is 6.00. The number of ether oxygens (including phenoxy) is 1. The summed E-state index contributed by atoms with van der Waals surface area (Å²) >= 11 is 0. The van der Waals surface area contributed by atoms with Crippen LogP contribution < -0.4 is 0 Å². The molecule has 0 aromatic carbocycles. The van der Waals surface area contributed by atoms with E-state index in [-0.39, 0.29) is 9.52 Å². The SMILES string of the molecule is C[SiH2]C1CCCCO1.OO. The highest BCUT2D eigenvalue weighted by Gasteiger charge is 2.10. The normalized spacial score (nSPS) is 26.1. The van der Waals surface area contributed by atoms with Gasteiger partial charge in [-0.15, -0.1) is 0 Å². The Balaban J connectivity index is 0.000000371. The first kappa shape index (κ1) is 10.1. The summed E-state index contributed by atoms with van der Waals surface area (Å²) in [5.41, 5.74) is 0.726. The van der Waals surface area contributed by atoms with Crippen molar-refractivity contribution in [1.29, 1.82) is 0 Å². The van der Waals surface area contributed by atoms with Gasteiger partial charge in [0.15, 0.2) is 0 Å². The van der Waals surface area contributed by atoms with Crippen molar-refractivity contribution in [2.24, 2.45) is 0 Å². The molecular formula is C6H16O3Si. The first-order valence-electron chi connectivity index (χ1n) is 3.75. The lowest BCUT2D eigenvalue weighted by Gasteiger charge is -2.20. The molecule has 62 valence electrons. The van der Waals surface area contributed by atoms with Crippen LogP contribution in [0.5, 0.6) is 0 Å². The molecule has 3 nitrogen and oxygen atoms in total. The third-order valence-electron chi connectivity index (χ3n) is 1.73. The lowest BCUT2D eigenvalue weighted by molar-refractivity contribution is -0.176. The van der Waals surface area contributed by atoms with Crippen LogP contribution in [0, 0.1) is 0 Å². The first-order valence-corrected chi connectivity index (χ1v) is 5.98. The van der Waals surface area contributed by atoms with Gasteiger partial charge in [0.05, 0.1) is 9.52 Å². The van der Waals surface area contributed by atoms with Crippen molar-refractivity contribution >= 4 is 9.52 Å². The molecule has 0 aliphatic carbocycles. The van der Waals surface area contributed by atoms with Crippen molar-refractivity contribution in [3.63, 3.8) is 0 Å². The zero-order valence-electron chi connectivity index (χ0n) is 6.42. The quantitative estimate of drug-likeness (QED) is 0.341. The van der Waals surface area contributed by atoms with Crippen LogP contribution in [0.1, 0.15) is 19.3 Å². The second-order valence-corrected chi connectivity index (χ2v) is 4.12. The molecule has 0 spiro atoms. The maximum atomic E-state index is 6.00. The monoisotopic (exact) mass is 164 g/mol. The average molecular weight is 164 g/mol. The van der Waals surface area contributed by atoms with E-state index < -0.39 is 0 Å². The van der Waals surface area contributed by atoms with Crippen molar-refractivity contribution in [1.82, 2.24) is 0 Å². The maximum Gasteiger partial charge on any atom is 0.0525 e. The van der Waals surface area contributed by atoms with E-state index in [4.69, 9.17) is 15.3 Å². The van der Waals surface area contributed by atoms with Crippen LogP contribution in [-0.4, -0.2) is 32.4 Å². The fraction of sp³-hybridized carbons (Fsp3) is 1.00. The van der Waals surface area contributed by atoms with Crippen LogP contribution in [0.25, 0.3) is 0 Å². The van der Waals surface area contributed by atoms with Gasteiger partial charge in [-0.25, -0.2) is 0 Å². The summed E-state index contributed by atoms with van der Waals surface area (Å²) in [5.74, 6) is 0. The Hall–Kier alpha value is 0.0969. The topological polar surface area (TPSA) is 49.7 Å². The highest BCUT2D eigenvalue weighted by molar-refractivity contribution is 6.35. The van der Waals surface area contributed by atoms with Crippen molar-refractivity contribution in [2.45, 2.75) is 31.5 Å². The standard InChI is InChI=1S/C6H14OSi.H2O2/c1-8-6-4-2-3-5-7-6;1-2/h6H,2-5,8H2,1H3;1-2H. The molecule has 1 unspecified atom stereocenters. The molecule has 0 aromatic rings. The van der Waals surface area contributed by atoms with E-state index in [2.05, 4.69) is 6.55 Å². The predicted octanol–water partition coefficient (Wildman–Crippen LogP) is 0.747. The lowest BCUT2D eigenvalue weighted by Crippen LogP contribution is -2.23. The zero-order chi connectivity index (χ0) is 7.82. The minimum Gasteiger partial charge on any atom is -0.382 e. The summed E-state index contributed by atoms with van der Waals surface area (Å²) in [6, 6.07) is 0. The minimum atomic E-state index is 0.146. The van der Waals surface area contributed by atoms with E-state index in [1.54, 1.807) is 0 Å². The Morgan fingerprint density at radius 2 is 2.10 bits per heavy atom. The van der Waals surface area contributed by atoms with Gasteiger partial charge in [-0.1, -0.05) is 6.55 Å². The Kier molecular flexibility index (Phi) is 7.28. The first-order chi connectivity index (χ1) is 4.93. The van der Waals surface area contributed by atoms with E-state index >= 15 is 0 Å². The molecular weight excluding hydrogens is 148 g/mol. The van der Waals surface area contributed by atoms with Crippen LogP contribution in [-0.2, 0) is 4.74 Å². The molecule has 0 aromatic heterocycles. The van der Waals surface area contributed by atoms with E-state index in [1.165, 1.54) is 19.3 Å². The Morgan fingerprint density at radius 3 is 2.40 bits per heavy atom. The molecule has 1 fully saturated rings. The summed E-state index contributed by atoms with van der Waals surface area (Å²) in [6.45, 7) is 3.36. The van der Waals surface area contributed by atoms with Gasteiger partial charge in [0.25, 0.3) is 0 Å². The lowest BCUT2D eigenvalue weighted by atomic mass is 10.2. The third-order valence-corrected chi connectivity index (χ3v) is 3.28. The number of hydrogen-bond donors (Lipinski definition) is 2. The van der Waals surface area contributed by atoms with Gasteiger partial charge in [-0.05, 0) is 19.3 Å². The largest absolute Gasteiger partial charge is 0.382 e. The summed E-state index contributed by atoms with van der Waals surface area (Å²) in [7, 11) is 0.146. The molecule has 4 heteroatoms. The summed E-state index contributed by atoms with van der Waals surface area (Å²) < 4.78 is 5.49. The Bertz CT molecular complexity index is 64.0. The van der Waals surface area contributed by atoms with Gasteiger partial charge in [0.1, 0.15) is 0 Å². The van der Waals surface area contributed by atoms with Gasteiger partial charge < -0.3 is 4.74 Å². The van der Waals surface area contributed by atoms with Gasteiger partial charge in [-0.2, -0.15) is 0 Å². The zero-order valence-corrected chi connectivity index (χ0v) is 7.83. The summed E-state index contributed by atoms with van der Waals surface area (Å²) in [4.78, 5) is 0. The highest BCUT2D eigenvalue weighted by Crippen LogP contribution is 2.10. The highest BCUT2D eigenvalue weighted by atomic mass is 28.2. The molecule has 2 N–H and O–H groups in total. The molecule has 1 aliphatic heterocycles. The molecule has 0 amide bonds. The second-order valence-electron chi connectivity index (χ2n) is 2.40. The van der Waals surface area contributed by atoms with Gasteiger partial charge in [-0.3, -0.25) is 10.5 Å². The van der Waals surface area contributed by atoms with E-state index in [0.717, 1.165) is 12.3 Å². The summed E-state index contributed by atoms with van der Waals surface area (Å²) in [5, 5.41) is 12.0. The smallest absolute Gasteiger partial charge is 0.0525 e. The third kappa shape index (κ3) is 4.00. The minimum absolute atomic E-state index is 0.146. The molecule has 1 atom stereocenters. The van der Waals surface area contributed by atoms with Gasteiger partial charge in [0.2, 0.25) is 0 Å². The van der Waals surface area contributed by atoms with E-state index in [0.29, 0.717) is 0 Å². The van der Waals surface area contributed by atoms with Crippen LogP contribution >= 0.6 is 0 Å². The average Bonchev–Trinajstić information content (AvgIpc) is 2.10. The Morgan fingerprint density at radius 1 is 1.40 bits per heavy atom. The second kappa shape index (κ2) is 7.21. The predicted molar refractivity (Wildman–Crippen MR) is 43.3 cm³/mol. The molecule has 1 heterocycles. The van der Waals surface area contributed by atoms with Gasteiger partial charge >= 0.3 is 0 Å². The van der Waals surface area contributed by atoms with Crippen molar-refractivity contribution in [2.75, 3.05) is 6.61 Å². The molecule has 1 saturated heterocycles. The van der Waals surface area contributed by atoms with Crippen molar-refractivity contribution in [3.8, 4) is 0 Å². The van der Waals surface area contributed by atoms with E-state index in [1.807, 2.05) is 0 Å². The van der Waals surface area contributed by atoms with Crippen molar-refractivity contribution < 1.29 is 15.3 Å². The number of rotatable bonds is 1. The van der Waals surface area contributed by atoms with Crippen LogP contribution in [0.4, 0.5) is 0 Å². The summed E-state index contributed by atoms with van der Waals surface area (Å²) in [6.07, 6.45) is 4.05. The Labute approximate surface area is 63.8 Å². The van der Waals surface area contributed by atoms with Crippen LogP contribution in [0.15, 0.2) is 0 Å². The fourth-order valence-corrected chi connectivity index (χ4v) is 2.23. The molecule has 0 bridgehead atoms. The van der Waals surface area contributed by atoms with Crippen molar-refractivity contribution in [3.05, 3.63) is 0 Å². The molecule has 0 saturated carbocycles. The van der Waals surface area contributed by atoms with Gasteiger partial charge in [0, 0.05) is 12.3 Å². The molecule has 10 heavy (non-hydrogen) atoms.